The van der Waals surface area contributed by atoms with Crippen LogP contribution in [0.15, 0.2) is 4.52 Å². The maximum absolute atomic E-state index is 9.55. The standard InChI is InChI=1S/C12H20N2O3/c1-3-10(15)12-13-11(17-14-12)7-8-5-9(6-8)16-4-2/h8-10,15H,3-7H2,1-2H3. The van der Waals surface area contributed by atoms with E-state index in [0.717, 1.165) is 25.9 Å². The number of hydrogen-bond acceptors (Lipinski definition) is 5. The SMILES string of the molecule is CCOC1CC(Cc2nc(C(O)CC)no2)C1. The van der Waals surface area contributed by atoms with Gasteiger partial charge in [-0.1, -0.05) is 12.1 Å². The molecule has 0 aromatic carbocycles. The maximum atomic E-state index is 9.55. The fourth-order valence-electron chi connectivity index (χ4n) is 2.13. The second-order valence-corrected chi connectivity index (χ2v) is 4.59. The molecule has 1 saturated carbocycles. The van der Waals surface area contributed by atoms with Crippen molar-refractivity contribution in [1.29, 1.82) is 0 Å². The zero-order valence-electron chi connectivity index (χ0n) is 10.4. The Morgan fingerprint density at radius 1 is 1.47 bits per heavy atom. The largest absolute Gasteiger partial charge is 0.385 e. The van der Waals surface area contributed by atoms with Crippen LogP contribution in [-0.2, 0) is 11.2 Å². The van der Waals surface area contributed by atoms with E-state index in [2.05, 4.69) is 10.1 Å². The predicted octanol–water partition coefficient (Wildman–Crippen LogP) is 1.87. The quantitative estimate of drug-likeness (QED) is 0.822. The molecule has 1 N–H and O–H groups in total. The van der Waals surface area contributed by atoms with Crippen LogP contribution < -0.4 is 0 Å². The van der Waals surface area contributed by atoms with Gasteiger partial charge in [0.05, 0.1) is 6.10 Å². The van der Waals surface area contributed by atoms with Crippen LogP contribution in [-0.4, -0.2) is 28.0 Å². The molecule has 1 heterocycles. The number of nitrogens with zero attached hydrogens (tertiary/aromatic N) is 2. The van der Waals surface area contributed by atoms with Crippen LogP contribution in [0.1, 0.15) is 50.9 Å². The molecule has 1 atom stereocenters. The number of aliphatic hydroxyl groups is 1. The van der Waals surface area contributed by atoms with Crippen molar-refractivity contribution in [2.75, 3.05) is 6.61 Å². The smallest absolute Gasteiger partial charge is 0.227 e. The fourth-order valence-corrected chi connectivity index (χ4v) is 2.13. The molecule has 1 aromatic heterocycles. The summed E-state index contributed by atoms with van der Waals surface area (Å²) in [6.45, 7) is 4.69. The Morgan fingerprint density at radius 2 is 2.24 bits per heavy atom. The molecule has 0 spiro atoms. The van der Waals surface area contributed by atoms with Crippen molar-refractivity contribution in [3.8, 4) is 0 Å². The van der Waals surface area contributed by atoms with Gasteiger partial charge in [0.25, 0.3) is 0 Å². The molecule has 0 bridgehead atoms. The van der Waals surface area contributed by atoms with E-state index in [1.807, 2.05) is 13.8 Å². The van der Waals surface area contributed by atoms with Gasteiger partial charge in [0.2, 0.25) is 5.89 Å². The molecule has 1 aromatic rings. The van der Waals surface area contributed by atoms with Crippen LogP contribution in [0.4, 0.5) is 0 Å². The Bertz CT molecular complexity index is 347. The minimum absolute atomic E-state index is 0.406. The second kappa shape index (κ2) is 5.60. The summed E-state index contributed by atoms with van der Waals surface area (Å²) in [7, 11) is 0. The normalized spacial score (nSPS) is 25.6. The molecule has 5 nitrogen and oxygen atoms in total. The molecule has 17 heavy (non-hydrogen) atoms. The Labute approximate surface area is 101 Å². The first-order valence-corrected chi connectivity index (χ1v) is 6.35. The van der Waals surface area contributed by atoms with Crippen molar-refractivity contribution < 1.29 is 14.4 Å². The van der Waals surface area contributed by atoms with Crippen molar-refractivity contribution in [3.63, 3.8) is 0 Å². The zero-order chi connectivity index (χ0) is 12.3. The van der Waals surface area contributed by atoms with E-state index in [0.29, 0.717) is 30.2 Å². The van der Waals surface area contributed by atoms with Gasteiger partial charge in [-0.2, -0.15) is 4.98 Å². The van der Waals surface area contributed by atoms with Gasteiger partial charge in [-0.25, -0.2) is 0 Å². The highest BCUT2D eigenvalue weighted by Crippen LogP contribution is 2.32. The molecule has 96 valence electrons. The van der Waals surface area contributed by atoms with Gasteiger partial charge in [0.15, 0.2) is 5.82 Å². The van der Waals surface area contributed by atoms with Crippen LogP contribution >= 0.6 is 0 Å². The van der Waals surface area contributed by atoms with E-state index in [-0.39, 0.29) is 0 Å². The minimum Gasteiger partial charge on any atom is -0.385 e. The molecule has 1 aliphatic rings. The molecule has 2 rings (SSSR count). The molecule has 0 radical (unpaired) electrons. The molecular formula is C12H20N2O3. The predicted molar refractivity (Wildman–Crippen MR) is 61.4 cm³/mol. The van der Waals surface area contributed by atoms with Gasteiger partial charge in [0.1, 0.15) is 6.10 Å². The van der Waals surface area contributed by atoms with Gasteiger partial charge in [-0.15, -0.1) is 0 Å². The van der Waals surface area contributed by atoms with Crippen molar-refractivity contribution in [1.82, 2.24) is 10.1 Å². The number of ether oxygens (including phenoxy) is 1. The highest BCUT2D eigenvalue weighted by atomic mass is 16.5. The van der Waals surface area contributed by atoms with E-state index in [1.54, 1.807) is 0 Å². The summed E-state index contributed by atoms with van der Waals surface area (Å²) in [6.07, 6.45) is 3.35. The van der Waals surface area contributed by atoms with Crippen molar-refractivity contribution in [2.45, 2.75) is 51.7 Å². The number of hydrogen-bond donors (Lipinski definition) is 1. The lowest BCUT2D eigenvalue weighted by Gasteiger charge is -2.33. The third-order valence-corrected chi connectivity index (χ3v) is 3.23. The maximum Gasteiger partial charge on any atom is 0.227 e. The molecule has 1 aliphatic carbocycles. The summed E-state index contributed by atoms with van der Waals surface area (Å²) in [5.74, 6) is 1.62. The van der Waals surface area contributed by atoms with Crippen LogP contribution in [0.5, 0.6) is 0 Å². The van der Waals surface area contributed by atoms with Crippen molar-refractivity contribution in [2.24, 2.45) is 5.92 Å². The highest BCUT2D eigenvalue weighted by Gasteiger charge is 2.31. The summed E-state index contributed by atoms with van der Waals surface area (Å²) < 4.78 is 10.6. The Morgan fingerprint density at radius 3 is 2.88 bits per heavy atom. The van der Waals surface area contributed by atoms with Gasteiger partial charge in [0, 0.05) is 13.0 Å². The lowest BCUT2D eigenvalue weighted by Crippen LogP contribution is -2.32. The first-order chi connectivity index (χ1) is 8.22. The topological polar surface area (TPSA) is 68.4 Å². The van der Waals surface area contributed by atoms with E-state index >= 15 is 0 Å². The van der Waals surface area contributed by atoms with E-state index in [4.69, 9.17) is 9.26 Å². The summed E-state index contributed by atoms with van der Waals surface area (Å²) >= 11 is 0. The third kappa shape index (κ3) is 3.04. The monoisotopic (exact) mass is 240 g/mol. The summed E-state index contributed by atoms with van der Waals surface area (Å²) in [5, 5.41) is 13.3. The molecule has 0 saturated heterocycles. The van der Waals surface area contributed by atoms with Crippen LogP contribution in [0.25, 0.3) is 0 Å². The van der Waals surface area contributed by atoms with Crippen LogP contribution in [0.2, 0.25) is 0 Å². The molecule has 0 amide bonds. The zero-order valence-corrected chi connectivity index (χ0v) is 10.4. The Balaban J connectivity index is 1.79. The number of aliphatic hydroxyl groups excluding tert-OH is 1. The summed E-state index contributed by atoms with van der Waals surface area (Å²) in [6, 6.07) is 0. The van der Waals surface area contributed by atoms with Crippen LogP contribution in [0, 0.1) is 5.92 Å². The molecule has 1 fully saturated rings. The average molecular weight is 240 g/mol. The van der Waals surface area contributed by atoms with Gasteiger partial charge in [-0.05, 0) is 32.1 Å². The van der Waals surface area contributed by atoms with Gasteiger partial charge < -0.3 is 14.4 Å². The number of aromatic nitrogens is 2. The lowest BCUT2D eigenvalue weighted by molar-refractivity contribution is -0.0258. The van der Waals surface area contributed by atoms with Crippen LogP contribution in [0.3, 0.4) is 0 Å². The Kier molecular flexibility index (Phi) is 4.12. The van der Waals surface area contributed by atoms with E-state index < -0.39 is 6.10 Å². The van der Waals surface area contributed by atoms with Crippen molar-refractivity contribution in [3.05, 3.63) is 11.7 Å². The molecule has 5 heteroatoms. The highest BCUT2D eigenvalue weighted by molar-refractivity contribution is 4.94. The Hall–Kier alpha value is -0.940. The fraction of sp³-hybridized carbons (Fsp3) is 0.833. The lowest BCUT2D eigenvalue weighted by atomic mass is 9.80. The van der Waals surface area contributed by atoms with Crippen molar-refractivity contribution >= 4 is 0 Å². The third-order valence-electron chi connectivity index (χ3n) is 3.23. The second-order valence-electron chi connectivity index (χ2n) is 4.59. The van der Waals surface area contributed by atoms with Gasteiger partial charge >= 0.3 is 0 Å². The molecule has 0 aliphatic heterocycles. The summed E-state index contributed by atoms with van der Waals surface area (Å²) in [4.78, 5) is 4.21. The average Bonchev–Trinajstić information content (AvgIpc) is 2.74. The minimum atomic E-state index is -0.606. The van der Waals surface area contributed by atoms with E-state index in [9.17, 15) is 5.11 Å². The first kappa shape index (κ1) is 12.5. The molecule has 1 unspecified atom stereocenters. The molecular weight excluding hydrogens is 220 g/mol. The van der Waals surface area contributed by atoms with Gasteiger partial charge in [-0.3, -0.25) is 0 Å². The first-order valence-electron chi connectivity index (χ1n) is 6.35. The van der Waals surface area contributed by atoms with E-state index in [1.165, 1.54) is 0 Å². The summed E-state index contributed by atoms with van der Waals surface area (Å²) in [5.41, 5.74) is 0. The number of rotatable bonds is 6.